The number of esters is 1. The van der Waals surface area contributed by atoms with Crippen molar-refractivity contribution in [1.29, 1.82) is 0 Å². The number of thioether (sulfide) groups is 1. The molecule has 0 bridgehead atoms. The highest BCUT2D eigenvalue weighted by molar-refractivity contribution is 8.00. The molecule has 0 fully saturated rings. The molecule has 0 aliphatic heterocycles. The van der Waals surface area contributed by atoms with Gasteiger partial charge in [-0.1, -0.05) is 57.2 Å². The van der Waals surface area contributed by atoms with Gasteiger partial charge in [0.05, 0.1) is 17.9 Å². The molecule has 1 unspecified atom stereocenters. The first-order chi connectivity index (χ1) is 20.1. The van der Waals surface area contributed by atoms with Gasteiger partial charge in [0.2, 0.25) is 5.91 Å². The van der Waals surface area contributed by atoms with Gasteiger partial charge >= 0.3 is 5.97 Å². The molecule has 1 atom stereocenters. The third-order valence-electron chi connectivity index (χ3n) is 7.70. The minimum absolute atomic E-state index is 0.164. The maximum absolute atomic E-state index is 13.1. The van der Waals surface area contributed by atoms with Crippen LogP contribution in [0, 0.1) is 11.3 Å². The monoisotopic (exact) mass is 600 g/mol. The zero-order valence-electron chi connectivity index (χ0n) is 24.4. The smallest absolute Gasteiger partial charge is 0.341 e. The Morgan fingerprint density at radius 2 is 1.76 bits per heavy atom. The first kappa shape index (κ1) is 29.9. The third-order valence-corrected chi connectivity index (χ3v) is 9.86. The highest BCUT2D eigenvalue weighted by atomic mass is 32.2. The van der Waals surface area contributed by atoms with Gasteiger partial charge in [-0.15, -0.1) is 23.1 Å². The molecule has 2 amide bonds. The van der Waals surface area contributed by atoms with Crippen LogP contribution in [0.25, 0.3) is 10.8 Å². The SMILES string of the molecule is CCOC(=O)c1c(NC(=O)CSc2cccc(NC(=O)c3ccc4ccccc4c3)c2)sc2c1CCC(C(C)(C)C)C2. The van der Waals surface area contributed by atoms with Crippen molar-refractivity contribution in [1.82, 2.24) is 0 Å². The van der Waals surface area contributed by atoms with E-state index in [-0.39, 0.29) is 35.6 Å². The molecule has 4 aromatic rings. The predicted octanol–water partition coefficient (Wildman–Crippen LogP) is 8.21. The van der Waals surface area contributed by atoms with Gasteiger partial charge < -0.3 is 15.4 Å². The molecule has 5 rings (SSSR count). The molecule has 8 heteroatoms. The van der Waals surface area contributed by atoms with E-state index in [0.717, 1.165) is 40.5 Å². The zero-order chi connectivity index (χ0) is 29.9. The van der Waals surface area contributed by atoms with E-state index in [0.29, 0.717) is 27.7 Å². The fourth-order valence-electron chi connectivity index (χ4n) is 5.34. The number of carbonyl (C=O) groups is 3. The van der Waals surface area contributed by atoms with Crippen molar-refractivity contribution in [3.05, 3.63) is 88.3 Å². The number of rotatable bonds is 8. The topological polar surface area (TPSA) is 84.5 Å². The zero-order valence-corrected chi connectivity index (χ0v) is 26.0. The predicted molar refractivity (Wildman–Crippen MR) is 173 cm³/mol. The summed E-state index contributed by atoms with van der Waals surface area (Å²) in [6.07, 6.45) is 2.72. The van der Waals surface area contributed by atoms with Crippen LogP contribution < -0.4 is 10.6 Å². The molecular weight excluding hydrogens is 565 g/mol. The summed E-state index contributed by atoms with van der Waals surface area (Å²) in [7, 11) is 0. The summed E-state index contributed by atoms with van der Waals surface area (Å²) in [5.74, 6) is -0.0733. The molecule has 1 heterocycles. The van der Waals surface area contributed by atoms with Crippen LogP contribution in [0.5, 0.6) is 0 Å². The van der Waals surface area contributed by atoms with Crippen molar-refractivity contribution < 1.29 is 19.1 Å². The summed E-state index contributed by atoms with van der Waals surface area (Å²) in [5, 5.41) is 8.63. The molecule has 1 aromatic heterocycles. The largest absolute Gasteiger partial charge is 0.462 e. The van der Waals surface area contributed by atoms with Crippen LogP contribution >= 0.6 is 23.1 Å². The summed E-state index contributed by atoms with van der Waals surface area (Å²) in [6, 6.07) is 21.0. The Morgan fingerprint density at radius 3 is 2.52 bits per heavy atom. The van der Waals surface area contributed by atoms with Crippen LogP contribution in [0.2, 0.25) is 0 Å². The molecule has 0 saturated carbocycles. The van der Waals surface area contributed by atoms with Gasteiger partial charge in [-0.2, -0.15) is 0 Å². The van der Waals surface area contributed by atoms with Gasteiger partial charge in [0.25, 0.3) is 5.91 Å². The van der Waals surface area contributed by atoms with Crippen LogP contribution in [-0.2, 0) is 22.4 Å². The number of thiophene rings is 1. The number of nitrogens with one attached hydrogen (secondary N) is 2. The number of anilines is 2. The average molecular weight is 601 g/mol. The summed E-state index contributed by atoms with van der Waals surface area (Å²) in [5.41, 5.74) is 2.95. The third kappa shape index (κ3) is 6.88. The lowest BCUT2D eigenvalue weighted by molar-refractivity contribution is -0.113. The maximum Gasteiger partial charge on any atom is 0.341 e. The average Bonchev–Trinajstić information content (AvgIpc) is 3.32. The van der Waals surface area contributed by atoms with Crippen molar-refractivity contribution in [3.63, 3.8) is 0 Å². The molecule has 2 N–H and O–H groups in total. The van der Waals surface area contributed by atoms with E-state index in [9.17, 15) is 14.4 Å². The number of fused-ring (bicyclic) bond motifs is 2. The maximum atomic E-state index is 13.1. The highest BCUT2D eigenvalue weighted by Crippen LogP contribution is 2.44. The van der Waals surface area contributed by atoms with E-state index in [1.807, 2.05) is 66.7 Å². The van der Waals surface area contributed by atoms with E-state index < -0.39 is 0 Å². The quantitative estimate of drug-likeness (QED) is 0.157. The molecular formula is C34H36N2O4S2. The van der Waals surface area contributed by atoms with E-state index in [1.54, 1.807) is 6.92 Å². The summed E-state index contributed by atoms with van der Waals surface area (Å²) >= 11 is 2.88. The fourth-order valence-corrected chi connectivity index (χ4v) is 7.43. The summed E-state index contributed by atoms with van der Waals surface area (Å²) < 4.78 is 5.37. The Hall–Kier alpha value is -3.62. The minimum atomic E-state index is -0.373. The molecule has 1 aliphatic rings. The molecule has 0 spiro atoms. The number of ether oxygens (including phenoxy) is 1. The second-order valence-corrected chi connectivity index (χ2v) is 13.8. The number of hydrogen-bond donors (Lipinski definition) is 2. The lowest BCUT2D eigenvalue weighted by atomic mass is 9.72. The van der Waals surface area contributed by atoms with Crippen LogP contribution in [-0.4, -0.2) is 30.1 Å². The van der Waals surface area contributed by atoms with Gasteiger partial charge in [-0.05, 0) is 84.2 Å². The van der Waals surface area contributed by atoms with Crippen molar-refractivity contribution in [2.45, 2.75) is 51.9 Å². The van der Waals surface area contributed by atoms with Crippen LogP contribution in [0.4, 0.5) is 10.7 Å². The van der Waals surface area contributed by atoms with Crippen molar-refractivity contribution in [2.75, 3.05) is 23.0 Å². The first-order valence-corrected chi connectivity index (χ1v) is 16.1. The minimum Gasteiger partial charge on any atom is -0.462 e. The Kier molecular flexibility index (Phi) is 9.04. The molecule has 218 valence electrons. The van der Waals surface area contributed by atoms with Crippen LogP contribution in [0.15, 0.2) is 71.6 Å². The van der Waals surface area contributed by atoms with E-state index >= 15 is 0 Å². The van der Waals surface area contributed by atoms with Gasteiger partial charge in [0.1, 0.15) is 5.00 Å². The summed E-state index contributed by atoms with van der Waals surface area (Å²) in [6.45, 7) is 8.84. The van der Waals surface area contributed by atoms with Crippen molar-refractivity contribution in [2.24, 2.45) is 11.3 Å². The lowest BCUT2D eigenvalue weighted by Crippen LogP contribution is -2.26. The Bertz CT molecular complexity index is 1640. The molecule has 6 nitrogen and oxygen atoms in total. The van der Waals surface area contributed by atoms with Crippen molar-refractivity contribution in [3.8, 4) is 0 Å². The normalized spacial score (nSPS) is 14.7. The Morgan fingerprint density at radius 1 is 0.976 bits per heavy atom. The van der Waals surface area contributed by atoms with Crippen LogP contribution in [0.3, 0.4) is 0 Å². The second kappa shape index (κ2) is 12.7. The number of carbonyl (C=O) groups excluding carboxylic acids is 3. The Balaban J connectivity index is 1.24. The van der Waals surface area contributed by atoms with Crippen molar-refractivity contribution >= 4 is 62.3 Å². The molecule has 42 heavy (non-hydrogen) atoms. The standard InChI is InChI=1S/C34H36N2O4S2/c1-5-40-33(39)30-27-16-15-24(34(2,3)4)18-28(27)42-32(30)36-29(37)20-41-26-12-8-11-25(19-26)35-31(38)23-14-13-21-9-6-7-10-22(21)17-23/h6-14,17,19,24H,5,15-16,18,20H2,1-4H3,(H,35,38)(H,36,37). The van der Waals surface area contributed by atoms with Gasteiger partial charge in [-0.25, -0.2) is 4.79 Å². The molecule has 3 aromatic carbocycles. The highest BCUT2D eigenvalue weighted by Gasteiger charge is 2.34. The molecule has 0 saturated heterocycles. The van der Waals surface area contributed by atoms with E-state index in [1.165, 1.54) is 28.0 Å². The molecule has 1 aliphatic carbocycles. The number of amides is 2. The summed E-state index contributed by atoms with van der Waals surface area (Å²) in [4.78, 5) is 40.9. The van der Waals surface area contributed by atoms with Gasteiger partial charge in [-0.3, -0.25) is 9.59 Å². The fraction of sp³-hybridized carbons (Fsp3) is 0.324. The Labute approximate surface area is 255 Å². The second-order valence-electron chi connectivity index (χ2n) is 11.6. The van der Waals surface area contributed by atoms with Crippen LogP contribution in [0.1, 0.15) is 65.3 Å². The van der Waals surface area contributed by atoms with E-state index in [2.05, 4.69) is 31.4 Å². The van der Waals surface area contributed by atoms with Gasteiger partial charge in [0, 0.05) is 21.0 Å². The first-order valence-electron chi connectivity index (χ1n) is 14.3. The lowest BCUT2D eigenvalue weighted by Gasteiger charge is -2.33. The van der Waals surface area contributed by atoms with E-state index in [4.69, 9.17) is 4.74 Å². The molecule has 0 radical (unpaired) electrons. The number of benzene rings is 3. The van der Waals surface area contributed by atoms with Gasteiger partial charge in [0.15, 0.2) is 0 Å². The number of hydrogen-bond acceptors (Lipinski definition) is 6.